The molecule has 2 rings (SSSR count). The topological polar surface area (TPSA) is 64.3 Å². The molecule has 0 aliphatic heterocycles. The molecule has 2 atom stereocenters. The van der Waals surface area contributed by atoms with Crippen molar-refractivity contribution < 1.29 is 9.53 Å². The van der Waals surface area contributed by atoms with Gasteiger partial charge in [-0.3, -0.25) is 4.79 Å². The van der Waals surface area contributed by atoms with Crippen molar-refractivity contribution >= 4 is 5.91 Å². The van der Waals surface area contributed by atoms with Gasteiger partial charge in [0.25, 0.3) is 5.91 Å². The molecule has 0 radical (unpaired) electrons. The molecule has 4 heteroatoms. The molecule has 0 heterocycles. The number of rotatable bonds is 4. The number of fused-ring (bicyclic) bond motifs is 1. The highest BCUT2D eigenvalue weighted by atomic mass is 16.5. The minimum atomic E-state index is -0.582. The van der Waals surface area contributed by atoms with Crippen molar-refractivity contribution in [1.82, 2.24) is 5.32 Å². The number of benzene rings is 1. The lowest BCUT2D eigenvalue weighted by atomic mass is 9.88. The first-order chi connectivity index (χ1) is 9.61. The molecule has 1 amide bonds. The number of terminal acetylenes is 1. The van der Waals surface area contributed by atoms with Gasteiger partial charge >= 0.3 is 0 Å². The Morgan fingerprint density at radius 3 is 3.20 bits per heavy atom. The smallest absolute Gasteiger partial charge is 0.261 e. The van der Waals surface area contributed by atoms with Crippen LogP contribution in [-0.2, 0) is 11.2 Å². The second-order valence-electron chi connectivity index (χ2n) is 5.04. The van der Waals surface area contributed by atoms with E-state index in [1.807, 2.05) is 18.2 Å². The molecule has 0 fully saturated rings. The van der Waals surface area contributed by atoms with Crippen molar-refractivity contribution in [2.75, 3.05) is 6.54 Å². The van der Waals surface area contributed by atoms with Gasteiger partial charge in [0.15, 0.2) is 6.10 Å². The molecule has 1 unspecified atom stereocenters. The van der Waals surface area contributed by atoms with Crippen molar-refractivity contribution in [2.24, 2.45) is 5.73 Å². The number of nitrogens with two attached hydrogens (primary N) is 1. The third-order valence-electron chi connectivity index (χ3n) is 3.52. The summed E-state index contributed by atoms with van der Waals surface area (Å²) in [6.07, 6.45) is 7.70. The SMILES string of the molecule is C#CCNC(=O)C(C)Oc1ccc2c(c1)[C@H](N)CCC2. The number of aryl methyl sites for hydroxylation is 1. The Bertz CT molecular complexity index is 534. The van der Waals surface area contributed by atoms with Crippen LogP contribution in [0.5, 0.6) is 5.75 Å². The Morgan fingerprint density at radius 1 is 1.65 bits per heavy atom. The number of carbonyl (C=O) groups excluding carboxylic acids is 1. The lowest BCUT2D eigenvalue weighted by Gasteiger charge is -2.23. The molecule has 0 aromatic heterocycles. The molecule has 0 spiro atoms. The molecule has 106 valence electrons. The van der Waals surface area contributed by atoms with Gasteiger partial charge in [-0.25, -0.2) is 0 Å². The van der Waals surface area contributed by atoms with Crippen molar-refractivity contribution in [3.8, 4) is 18.1 Å². The van der Waals surface area contributed by atoms with Gasteiger partial charge in [0.05, 0.1) is 6.54 Å². The Labute approximate surface area is 119 Å². The van der Waals surface area contributed by atoms with Crippen LogP contribution in [0.3, 0.4) is 0 Å². The molecule has 0 bridgehead atoms. The van der Waals surface area contributed by atoms with E-state index >= 15 is 0 Å². The lowest BCUT2D eigenvalue weighted by molar-refractivity contribution is -0.126. The predicted molar refractivity (Wildman–Crippen MR) is 78.2 cm³/mol. The Hall–Kier alpha value is -1.99. The molecule has 1 aliphatic carbocycles. The van der Waals surface area contributed by atoms with Crippen LogP contribution in [0.2, 0.25) is 0 Å². The lowest BCUT2D eigenvalue weighted by Crippen LogP contribution is -2.36. The summed E-state index contributed by atoms with van der Waals surface area (Å²) in [5.74, 6) is 2.81. The molecule has 20 heavy (non-hydrogen) atoms. The van der Waals surface area contributed by atoms with E-state index in [9.17, 15) is 4.79 Å². The van der Waals surface area contributed by atoms with Gasteiger partial charge in [-0.2, -0.15) is 0 Å². The van der Waals surface area contributed by atoms with E-state index in [4.69, 9.17) is 16.9 Å². The summed E-state index contributed by atoms with van der Waals surface area (Å²) in [6.45, 7) is 1.91. The van der Waals surface area contributed by atoms with Gasteiger partial charge in [0.1, 0.15) is 5.75 Å². The molecule has 0 saturated heterocycles. The average molecular weight is 272 g/mol. The zero-order valence-corrected chi connectivity index (χ0v) is 11.7. The fourth-order valence-corrected chi connectivity index (χ4v) is 2.43. The predicted octanol–water partition coefficient (Wildman–Crippen LogP) is 1.54. The summed E-state index contributed by atoms with van der Waals surface area (Å²) in [5, 5.41) is 2.60. The minimum absolute atomic E-state index is 0.0628. The first-order valence-corrected chi connectivity index (χ1v) is 6.88. The zero-order chi connectivity index (χ0) is 14.5. The first kappa shape index (κ1) is 14.4. The molecule has 1 aromatic carbocycles. The number of nitrogens with one attached hydrogen (secondary N) is 1. The monoisotopic (exact) mass is 272 g/mol. The summed E-state index contributed by atoms with van der Waals surface area (Å²) in [4.78, 5) is 11.7. The Kier molecular flexibility index (Phi) is 4.65. The highest BCUT2D eigenvalue weighted by Gasteiger charge is 2.19. The van der Waals surface area contributed by atoms with Crippen LogP contribution < -0.4 is 15.8 Å². The van der Waals surface area contributed by atoms with Gasteiger partial charge in [0, 0.05) is 6.04 Å². The third-order valence-corrected chi connectivity index (χ3v) is 3.52. The number of carbonyl (C=O) groups is 1. The number of amides is 1. The summed E-state index contributed by atoms with van der Waals surface area (Å²) < 4.78 is 5.65. The summed E-state index contributed by atoms with van der Waals surface area (Å²) in [7, 11) is 0. The van der Waals surface area contributed by atoms with Crippen LogP contribution in [0.4, 0.5) is 0 Å². The minimum Gasteiger partial charge on any atom is -0.481 e. The third kappa shape index (κ3) is 3.31. The maximum absolute atomic E-state index is 11.7. The standard InChI is InChI=1S/C16H20N2O2/c1-3-9-18-16(19)11(2)20-13-8-7-12-5-4-6-15(17)14(12)10-13/h1,7-8,10-11,15H,4-6,9,17H2,2H3,(H,18,19)/t11?,15-/m1/s1. The molecule has 0 saturated carbocycles. The Morgan fingerprint density at radius 2 is 2.45 bits per heavy atom. The van der Waals surface area contributed by atoms with Gasteiger partial charge in [-0.15, -0.1) is 6.42 Å². The Balaban J connectivity index is 2.05. The summed E-state index contributed by atoms with van der Waals surface area (Å²) in [5.41, 5.74) is 8.52. The van der Waals surface area contributed by atoms with Crippen LogP contribution in [0, 0.1) is 12.3 Å². The van der Waals surface area contributed by atoms with Gasteiger partial charge < -0.3 is 15.8 Å². The van der Waals surface area contributed by atoms with E-state index < -0.39 is 6.10 Å². The molecule has 3 N–H and O–H groups in total. The van der Waals surface area contributed by atoms with Crippen molar-refractivity contribution in [1.29, 1.82) is 0 Å². The fraction of sp³-hybridized carbons (Fsp3) is 0.438. The fourth-order valence-electron chi connectivity index (χ4n) is 2.43. The molecular weight excluding hydrogens is 252 g/mol. The van der Waals surface area contributed by atoms with Crippen molar-refractivity contribution in [3.63, 3.8) is 0 Å². The largest absolute Gasteiger partial charge is 0.481 e. The van der Waals surface area contributed by atoms with Crippen molar-refractivity contribution in [2.45, 2.75) is 38.3 Å². The van der Waals surface area contributed by atoms with E-state index in [2.05, 4.69) is 11.2 Å². The van der Waals surface area contributed by atoms with Crippen LogP contribution in [0.1, 0.15) is 36.9 Å². The maximum atomic E-state index is 11.7. The number of hydrogen-bond donors (Lipinski definition) is 2. The molecule has 1 aromatic rings. The second kappa shape index (κ2) is 6.44. The zero-order valence-electron chi connectivity index (χ0n) is 11.7. The molecule has 4 nitrogen and oxygen atoms in total. The highest BCUT2D eigenvalue weighted by molar-refractivity contribution is 5.80. The van der Waals surface area contributed by atoms with Crippen LogP contribution >= 0.6 is 0 Å². The van der Waals surface area contributed by atoms with E-state index in [0.717, 1.165) is 24.8 Å². The average Bonchev–Trinajstić information content (AvgIpc) is 2.45. The van der Waals surface area contributed by atoms with E-state index in [1.165, 1.54) is 5.56 Å². The quantitative estimate of drug-likeness (QED) is 0.817. The first-order valence-electron chi connectivity index (χ1n) is 6.88. The molecular formula is C16H20N2O2. The van der Waals surface area contributed by atoms with E-state index in [0.29, 0.717) is 5.75 Å². The summed E-state index contributed by atoms with van der Waals surface area (Å²) in [6, 6.07) is 5.94. The highest BCUT2D eigenvalue weighted by Crippen LogP contribution is 2.31. The van der Waals surface area contributed by atoms with Gasteiger partial charge in [0.2, 0.25) is 0 Å². The summed E-state index contributed by atoms with van der Waals surface area (Å²) >= 11 is 0. The van der Waals surface area contributed by atoms with Gasteiger partial charge in [-0.05, 0) is 49.4 Å². The van der Waals surface area contributed by atoms with Crippen LogP contribution in [0.15, 0.2) is 18.2 Å². The van der Waals surface area contributed by atoms with E-state index in [-0.39, 0.29) is 18.5 Å². The number of ether oxygens (including phenoxy) is 1. The number of hydrogen-bond acceptors (Lipinski definition) is 3. The van der Waals surface area contributed by atoms with Crippen molar-refractivity contribution in [3.05, 3.63) is 29.3 Å². The normalized spacial score (nSPS) is 18.6. The van der Waals surface area contributed by atoms with Crippen LogP contribution in [0.25, 0.3) is 0 Å². The van der Waals surface area contributed by atoms with Crippen LogP contribution in [-0.4, -0.2) is 18.6 Å². The van der Waals surface area contributed by atoms with Gasteiger partial charge in [-0.1, -0.05) is 12.0 Å². The molecule has 1 aliphatic rings. The van der Waals surface area contributed by atoms with E-state index in [1.54, 1.807) is 6.92 Å². The second-order valence-corrected chi connectivity index (χ2v) is 5.04. The maximum Gasteiger partial charge on any atom is 0.261 e.